The number of carbonyl (C=O) groups is 2. The summed E-state index contributed by atoms with van der Waals surface area (Å²) in [4.78, 5) is 30.0. The second-order valence-electron chi connectivity index (χ2n) is 5.70. The maximum absolute atomic E-state index is 12.2. The van der Waals surface area contributed by atoms with Crippen LogP contribution in [0.4, 0.5) is 4.79 Å². The minimum Gasteiger partial charge on any atom is -0.330 e. The van der Waals surface area contributed by atoms with E-state index < -0.39 is 6.04 Å². The third-order valence-electron chi connectivity index (χ3n) is 3.33. The second kappa shape index (κ2) is 9.71. The van der Waals surface area contributed by atoms with Gasteiger partial charge in [0.2, 0.25) is 3.79 Å². The van der Waals surface area contributed by atoms with Gasteiger partial charge in [0.25, 0.3) is 0 Å². The molecule has 0 fully saturated rings. The highest BCUT2D eigenvalue weighted by Crippen LogP contribution is 2.23. The first-order valence-corrected chi connectivity index (χ1v) is 9.53. The minimum absolute atomic E-state index is 0.0654. The van der Waals surface area contributed by atoms with Crippen molar-refractivity contribution < 1.29 is 9.59 Å². The summed E-state index contributed by atoms with van der Waals surface area (Å²) in [5.74, 6) is 1.35. The van der Waals surface area contributed by atoms with Crippen molar-refractivity contribution in [2.75, 3.05) is 25.9 Å². The number of aliphatic imine (C=N–C) groups is 1. The van der Waals surface area contributed by atoms with E-state index in [0.29, 0.717) is 31.8 Å². The van der Waals surface area contributed by atoms with E-state index in [1.54, 1.807) is 46.3 Å². The molecule has 2 unspecified atom stereocenters. The van der Waals surface area contributed by atoms with Gasteiger partial charge in [0, 0.05) is 47.9 Å². The standard InChI is InChI=1S/C14H25IN4O2S/c1-9(2)13-17-10(8-22-13)7-19(3)14(21)18-11(12(15)20)5-4-6-16/h9-11H,4-8,16H2,1-3H3,(H,18,21). The number of nitrogens with one attached hydrogen (secondary N) is 1. The molecule has 1 rings (SSSR count). The predicted molar refractivity (Wildman–Crippen MR) is 101 cm³/mol. The summed E-state index contributed by atoms with van der Waals surface area (Å²) < 4.78 is -0.0654. The van der Waals surface area contributed by atoms with Gasteiger partial charge < -0.3 is 16.0 Å². The fraction of sp³-hybridized carbons (Fsp3) is 0.786. The maximum Gasteiger partial charge on any atom is 0.317 e. The molecular formula is C14H25IN4O2S. The summed E-state index contributed by atoms with van der Waals surface area (Å²) in [5.41, 5.74) is 5.46. The zero-order chi connectivity index (χ0) is 16.7. The molecule has 0 aromatic carbocycles. The van der Waals surface area contributed by atoms with Gasteiger partial charge in [-0.15, -0.1) is 11.8 Å². The molecule has 2 atom stereocenters. The van der Waals surface area contributed by atoms with Crippen LogP contribution in [0.3, 0.4) is 0 Å². The molecule has 126 valence electrons. The lowest BCUT2D eigenvalue weighted by molar-refractivity contribution is -0.111. The SMILES string of the molecule is CC(C)C1=NC(CN(C)C(=O)NC(CCCN)C(=O)I)CS1. The number of nitrogens with zero attached hydrogens (tertiary/aromatic N) is 2. The number of urea groups is 1. The topological polar surface area (TPSA) is 87.8 Å². The number of nitrogens with two attached hydrogens (primary N) is 1. The van der Waals surface area contributed by atoms with Crippen molar-refractivity contribution in [1.82, 2.24) is 10.2 Å². The second-order valence-corrected chi connectivity index (χ2v) is 7.81. The van der Waals surface area contributed by atoms with E-state index in [1.165, 1.54) is 0 Å². The Balaban J connectivity index is 2.49. The number of halogens is 1. The van der Waals surface area contributed by atoms with Crippen LogP contribution in [0.15, 0.2) is 4.99 Å². The Labute approximate surface area is 150 Å². The summed E-state index contributed by atoms with van der Waals surface area (Å²) in [6.07, 6.45) is 1.29. The van der Waals surface area contributed by atoms with Crippen molar-refractivity contribution in [3.05, 3.63) is 0 Å². The fourth-order valence-corrected chi connectivity index (χ4v) is 3.64. The first kappa shape index (κ1) is 19.7. The highest BCUT2D eigenvalue weighted by Gasteiger charge is 2.25. The van der Waals surface area contributed by atoms with E-state index in [0.717, 1.165) is 10.8 Å². The third-order valence-corrected chi connectivity index (χ3v) is 5.50. The lowest BCUT2D eigenvalue weighted by Gasteiger charge is -2.23. The Bertz CT molecular complexity index is 431. The lowest BCUT2D eigenvalue weighted by atomic mass is 10.2. The molecule has 1 aliphatic rings. The number of rotatable bonds is 8. The van der Waals surface area contributed by atoms with Gasteiger partial charge in [-0.1, -0.05) is 13.8 Å². The molecule has 1 aliphatic heterocycles. The predicted octanol–water partition coefficient (Wildman–Crippen LogP) is 1.87. The number of thioether (sulfide) groups is 1. The summed E-state index contributed by atoms with van der Waals surface area (Å²) >= 11 is 3.49. The number of hydrogen-bond donors (Lipinski definition) is 2. The lowest BCUT2D eigenvalue weighted by Crippen LogP contribution is -2.47. The zero-order valence-electron chi connectivity index (χ0n) is 13.3. The van der Waals surface area contributed by atoms with E-state index in [-0.39, 0.29) is 15.9 Å². The van der Waals surface area contributed by atoms with E-state index in [2.05, 4.69) is 24.2 Å². The van der Waals surface area contributed by atoms with Gasteiger partial charge in [-0.3, -0.25) is 9.79 Å². The van der Waals surface area contributed by atoms with Gasteiger partial charge >= 0.3 is 6.03 Å². The molecule has 1 heterocycles. The van der Waals surface area contributed by atoms with E-state index in [4.69, 9.17) is 5.73 Å². The highest BCUT2D eigenvalue weighted by molar-refractivity contribution is 14.1. The van der Waals surface area contributed by atoms with Gasteiger partial charge in [-0.05, 0) is 19.4 Å². The van der Waals surface area contributed by atoms with Crippen LogP contribution in [-0.4, -0.2) is 57.7 Å². The monoisotopic (exact) mass is 440 g/mol. The van der Waals surface area contributed by atoms with Crippen LogP contribution >= 0.6 is 34.4 Å². The zero-order valence-corrected chi connectivity index (χ0v) is 16.3. The minimum atomic E-state index is -0.466. The van der Waals surface area contributed by atoms with Crippen LogP contribution in [0.25, 0.3) is 0 Å². The summed E-state index contributed by atoms with van der Waals surface area (Å²) in [5, 5.41) is 3.93. The van der Waals surface area contributed by atoms with Gasteiger partial charge in [-0.2, -0.15) is 0 Å². The Hall–Kier alpha value is -0.350. The normalized spacial score (nSPS) is 19.0. The summed E-state index contributed by atoms with van der Waals surface area (Å²) in [7, 11) is 1.74. The number of hydrogen-bond acceptors (Lipinski definition) is 5. The molecule has 0 radical (unpaired) electrons. The molecule has 3 N–H and O–H groups in total. The number of carbonyl (C=O) groups excluding carboxylic acids is 2. The van der Waals surface area contributed by atoms with Gasteiger partial charge in [-0.25, -0.2) is 4.79 Å². The van der Waals surface area contributed by atoms with Crippen LogP contribution in [0, 0.1) is 5.92 Å². The molecule has 6 nitrogen and oxygen atoms in total. The third kappa shape index (κ3) is 6.41. The molecule has 0 spiro atoms. The largest absolute Gasteiger partial charge is 0.330 e. The van der Waals surface area contributed by atoms with Crippen molar-refractivity contribution in [3.63, 3.8) is 0 Å². The van der Waals surface area contributed by atoms with Gasteiger partial charge in [0.15, 0.2) is 0 Å². The van der Waals surface area contributed by atoms with Crippen molar-refractivity contribution in [2.24, 2.45) is 16.6 Å². The average molecular weight is 440 g/mol. The first-order chi connectivity index (χ1) is 10.3. The van der Waals surface area contributed by atoms with E-state index >= 15 is 0 Å². The molecule has 8 heteroatoms. The molecule has 0 aromatic rings. The molecule has 0 saturated carbocycles. The van der Waals surface area contributed by atoms with Gasteiger partial charge in [0.1, 0.15) is 0 Å². The number of amides is 2. The highest BCUT2D eigenvalue weighted by atomic mass is 127. The molecule has 0 aromatic heterocycles. The van der Waals surface area contributed by atoms with Crippen LogP contribution in [-0.2, 0) is 4.79 Å². The Morgan fingerprint density at radius 2 is 2.23 bits per heavy atom. The van der Waals surface area contributed by atoms with Crippen LogP contribution < -0.4 is 11.1 Å². The summed E-state index contributed by atoms with van der Waals surface area (Å²) in [6.45, 7) is 5.32. The summed E-state index contributed by atoms with van der Waals surface area (Å²) in [6, 6.07) is -0.562. The van der Waals surface area contributed by atoms with Crippen molar-refractivity contribution in [1.29, 1.82) is 0 Å². The molecule has 0 saturated heterocycles. The molecular weight excluding hydrogens is 415 g/mol. The smallest absolute Gasteiger partial charge is 0.317 e. The van der Waals surface area contributed by atoms with Gasteiger partial charge in [0.05, 0.1) is 17.1 Å². The van der Waals surface area contributed by atoms with Crippen LogP contribution in [0.2, 0.25) is 0 Å². The van der Waals surface area contributed by atoms with E-state index in [1.807, 2.05) is 0 Å². The first-order valence-electron chi connectivity index (χ1n) is 7.46. The van der Waals surface area contributed by atoms with Crippen molar-refractivity contribution in [3.8, 4) is 0 Å². The quantitative estimate of drug-likeness (QED) is 0.446. The number of likely N-dealkylation sites (N-methyl/N-ethyl adjacent to an activating group) is 1. The average Bonchev–Trinajstić information content (AvgIpc) is 2.91. The molecule has 0 bridgehead atoms. The van der Waals surface area contributed by atoms with Crippen molar-refractivity contribution in [2.45, 2.75) is 38.8 Å². The van der Waals surface area contributed by atoms with Crippen LogP contribution in [0.5, 0.6) is 0 Å². The Kier molecular flexibility index (Phi) is 8.70. The van der Waals surface area contributed by atoms with Crippen molar-refractivity contribution >= 4 is 49.2 Å². The Morgan fingerprint density at radius 1 is 1.55 bits per heavy atom. The van der Waals surface area contributed by atoms with E-state index in [9.17, 15) is 9.59 Å². The molecule has 2 amide bonds. The Morgan fingerprint density at radius 3 is 2.73 bits per heavy atom. The molecule has 22 heavy (non-hydrogen) atoms. The maximum atomic E-state index is 12.2. The van der Waals surface area contributed by atoms with Crippen LogP contribution in [0.1, 0.15) is 26.7 Å². The molecule has 0 aliphatic carbocycles. The fourth-order valence-electron chi connectivity index (χ4n) is 2.07.